The van der Waals surface area contributed by atoms with Gasteiger partial charge in [-0.2, -0.15) is 0 Å². The van der Waals surface area contributed by atoms with Gasteiger partial charge in [0.1, 0.15) is 13.2 Å². The van der Waals surface area contributed by atoms with Crippen molar-refractivity contribution >= 4 is 23.8 Å². The molecule has 10 nitrogen and oxygen atoms in total. The minimum atomic E-state index is -0.408. The minimum absolute atomic E-state index is 0.121. The number of nitrogens with zero attached hydrogens (tertiary/aromatic N) is 2. The molecule has 0 aromatic heterocycles. The molecule has 290 valence electrons. The molecule has 0 aliphatic heterocycles. The number of ether oxygens (including phenoxy) is 4. The lowest BCUT2D eigenvalue weighted by atomic mass is 10.1. The summed E-state index contributed by atoms with van der Waals surface area (Å²) in [7, 11) is 3.37. The second-order valence-corrected chi connectivity index (χ2v) is 13.4. The van der Waals surface area contributed by atoms with E-state index < -0.39 is 12.2 Å². The Labute approximate surface area is 304 Å². The number of allylic oxidation sites excluding steroid dienone is 2. The van der Waals surface area contributed by atoms with E-state index in [2.05, 4.69) is 13.2 Å². The van der Waals surface area contributed by atoms with Crippen molar-refractivity contribution in [3.8, 4) is 0 Å². The lowest BCUT2D eigenvalue weighted by Crippen LogP contribution is -2.37. The number of amides is 2. The summed E-state index contributed by atoms with van der Waals surface area (Å²) in [4.78, 5) is 52.2. The molecule has 50 heavy (non-hydrogen) atoms. The van der Waals surface area contributed by atoms with E-state index in [4.69, 9.17) is 18.9 Å². The van der Waals surface area contributed by atoms with E-state index >= 15 is 0 Å². The number of hydrogen-bond donors (Lipinski definition) is 0. The fourth-order valence-electron chi connectivity index (χ4n) is 5.13. The number of carbonyl (C=O) groups is 4. The molecule has 0 fully saturated rings. The van der Waals surface area contributed by atoms with Crippen LogP contribution in [0.3, 0.4) is 0 Å². The molecule has 0 saturated carbocycles. The molecular weight excluding hydrogens is 636 g/mol. The van der Waals surface area contributed by atoms with Crippen molar-refractivity contribution in [2.75, 3.05) is 53.6 Å². The Hall–Kier alpha value is -2.72. The summed E-state index contributed by atoms with van der Waals surface area (Å²) >= 11 is 0. The van der Waals surface area contributed by atoms with Crippen molar-refractivity contribution < 1.29 is 38.1 Å². The van der Waals surface area contributed by atoms with Gasteiger partial charge in [0, 0.05) is 40.0 Å². The molecule has 2 atom stereocenters. The van der Waals surface area contributed by atoms with Crippen molar-refractivity contribution in [2.24, 2.45) is 0 Å². The van der Waals surface area contributed by atoms with Crippen molar-refractivity contribution in [1.82, 2.24) is 9.80 Å². The van der Waals surface area contributed by atoms with E-state index in [1.807, 2.05) is 12.2 Å². The topological polar surface area (TPSA) is 112 Å². The molecule has 0 rings (SSSR count). The Kier molecular flexibility index (Phi) is 31.6. The number of likely N-dealkylation sites (N-methyl/N-ethyl adjacent to an activating group) is 2. The molecule has 0 aliphatic rings. The quantitative estimate of drug-likeness (QED) is 0.0370. The van der Waals surface area contributed by atoms with Crippen LogP contribution in [0.4, 0.5) is 0 Å². The number of unbranched alkanes of at least 4 members (excludes halogenated alkanes) is 14. The molecule has 0 radical (unpaired) electrons. The third kappa shape index (κ3) is 29.1. The Morgan fingerprint density at radius 3 is 1.18 bits per heavy atom. The van der Waals surface area contributed by atoms with Gasteiger partial charge in [0.2, 0.25) is 11.8 Å². The van der Waals surface area contributed by atoms with Crippen LogP contribution in [0.1, 0.15) is 142 Å². The van der Waals surface area contributed by atoms with E-state index in [0.717, 1.165) is 38.5 Å². The number of hydrogen-bond acceptors (Lipinski definition) is 8. The maximum Gasteiger partial charge on any atom is 0.305 e. The van der Waals surface area contributed by atoms with Gasteiger partial charge < -0.3 is 28.7 Å². The lowest BCUT2D eigenvalue weighted by molar-refractivity contribution is -0.147. The van der Waals surface area contributed by atoms with Crippen LogP contribution >= 0.6 is 0 Å². The predicted octanol–water partition coefficient (Wildman–Crippen LogP) is 7.97. The highest BCUT2D eigenvalue weighted by Gasteiger charge is 2.19. The summed E-state index contributed by atoms with van der Waals surface area (Å²) in [5, 5.41) is 0. The third-order valence-electron chi connectivity index (χ3n) is 8.83. The smallest absolute Gasteiger partial charge is 0.305 e. The third-order valence-corrected chi connectivity index (χ3v) is 8.83. The van der Waals surface area contributed by atoms with E-state index in [9.17, 15) is 19.2 Å². The van der Waals surface area contributed by atoms with Crippen LogP contribution in [-0.4, -0.2) is 99.4 Å². The lowest BCUT2D eigenvalue weighted by Gasteiger charge is -2.24. The standard InChI is InChI=1S/C40H72N2O8/c1-7-9-11-13-15-17-19-21-23-31-47-39(45)27-25-29-41(5)37(43)33-49-35(3)36(4)50-34-38(44)42(6)30-26-28-40(46)48-32-24-22-20-18-16-14-12-10-8-2/h7-8,35-36H,1-2,9-34H2,3-6H3. The molecule has 0 spiro atoms. The first-order chi connectivity index (χ1) is 24.1. The van der Waals surface area contributed by atoms with Crippen LogP contribution in [-0.2, 0) is 38.1 Å². The van der Waals surface area contributed by atoms with Crippen molar-refractivity contribution in [3.63, 3.8) is 0 Å². The molecule has 2 unspecified atom stereocenters. The predicted molar refractivity (Wildman–Crippen MR) is 201 cm³/mol. The van der Waals surface area contributed by atoms with Crippen molar-refractivity contribution in [1.29, 1.82) is 0 Å². The molecule has 0 aromatic rings. The molecule has 0 aromatic carbocycles. The van der Waals surface area contributed by atoms with E-state index in [0.29, 0.717) is 39.1 Å². The van der Waals surface area contributed by atoms with Gasteiger partial charge in [0.25, 0.3) is 0 Å². The zero-order valence-corrected chi connectivity index (χ0v) is 32.3. The summed E-state index contributed by atoms with van der Waals surface area (Å²) in [5.74, 6) is -0.846. The Bertz CT molecular complexity index is 840. The highest BCUT2D eigenvalue weighted by Crippen LogP contribution is 2.11. The van der Waals surface area contributed by atoms with Crippen LogP contribution in [0.25, 0.3) is 0 Å². The Morgan fingerprint density at radius 2 is 0.840 bits per heavy atom. The summed E-state index contributed by atoms with van der Waals surface area (Å²) in [6, 6.07) is 0. The molecule has 0 aliphatic carbocycles. The summed E-state index contributed by atoms with van der Waals surface area (Å²) in [5.41, 5.74) is 0. The molecule has 0 heterocycles. The van der Waals surface area contributed by atoms with Gasteiger partial charge in [-0.1, -0.05) is 76.4 Å². The molecule has 2 amide bonds. The molecule has 0 saturated heterocycles. The fourth-order valence-corrected chi connectivity index (χ4v) is 5.13. The maximum absolute atomic E-state index is 12.5. The van der Waals surface area contributed by atoms with Crippen LogP contribution in [0, 0.1) is 0 Å². The van der Waals surface area contributed by atoms with Crippen molar-refractivity contribution in [3.05, 3.63) is 25.3 Å². The van der Waals surface area contributed by atoms with Gasteiger partial charge in [-0.3, -0.25) is 19.2 Å². The van der Waals surface area contributed by atoms with E-state index in [-0.39, 0.29) is 49.8 Å². The van der Waals surface area contributed by atoms with Crippen LogP contribution in [0.2, 0.25) is 0 Å². The zero-order valence-electron chi connectivity index (χ0n) is 32.3. The van der Waals surface area contributed by atoms with Crippen LogP contribution < -0.4 is 0 Å². The molecule has 0 N–H and O–H groups in total. The Morgan fingerprint density at radius 1 is 0.520 bits per heavy atom. The zero-order chi connectivity index (χ0) is 37.2. The maximum atomic E-state index is 12.5. The second kappa shape index (κ2) is 33.4. The van der Waals surface area contributed by atoms with Gasteiger partial charge in [-0.15, -0.1) is 13.2 Å². The largest absolute Gasteiger partial charge is 0.466 e. The second-order valence-electron chi connectivity index (χ2n) is 13.4. The number of rotatable bonds is 35. The number of carbonyl (C=O) groups excluding carboxylic acids is 4. The van der Waals surface area contributed by atoms with E-state index in [1.165, 1.54) is 64.2 Å². The highest BCUT2D eigenvalue weighted by atomic mass is 16.5. The minimum Gasteiger partial charge on any atom is -0.466 e. The normalized spacial score (nSPS) is 12.2. The summed E-state index contributed by atoms with van der Waals surface area (Å²) in [6.45, 7) is 12.6. The first kappa shape index (κ1) is 47.3. The molecular formula is C40H72N2O8. The fraction of sp³-hybridized carbons (Fsp3) is 0.800. The van der Waals surface area contributed by atoms with Gasteiger partial charge in [0.15, 0.2) is 0 Å². The van der Waals surface area contributed by atoms with Gasteiger partial charge >= 0.3 is 11.9 Å². The van der Waals surface area contributed by atoms with Crippen LogP contribution in [0.5, 0.6) is 0 Å². The monoisotopic (exact) mass is 709 g/mol. The van der Waals surface area contributed by atoms with Gasteiger partial charge in [-0.25, -0.2) is 0 Å². The first-order valence-corrected chi connectivity index (χ1v) is 19.4. The average Bonchev–Trinajstić information content (AvgIpc) is 3.10. The molecule has 0 bridgehead atoms. The summed E-state index contributed by atoms with van der Waals surface area (Å²) in [6.07, 6.45) is 23.0. The van der Waals surface area contributed by atoms with E-state index in [1.54, 1.807) is 37.7 Å². The average molecular weight is 709 g/mol. The van der Waals surface area contributed by atoms with Gasteiger partial charge in [-0.05, 0) is 65.2 Å². The first-order valence-electron chi connectivity index (χ1n) is 19.4. The Balaban J connectivity index is 3.90. The SMILES string of the molecule is C=CCCCCCCCCCOC(=O)CCCN(C)C(=O)COC(C)C(C)OCC(=O)N(C)CCCC(=O)OCCCCCCCCCC=C. The van der Waals surface area contributed by atoms with Crippen LogP contribution in [0.15, 0.2) is 25.3 Å². The summed E-state index contributed by atoms with van der Waals surface area (Å²) < 4.78 is 22.1. The highest BCUT2D eigenvalue weighted by molar-refractivity contribution is 5.77. The van der Waals surface area contributed by atoms with Crippen molar-refractivity contribution in [2.45, 2.75) is 154 Å². The van der Waals surface area contributed by atoms with Gasteiger partial charge in [0.05, 0.1) is 25.4 Å². The molecule has 10 heteroatoms. The number of esters is 2.